The number of nitrogens with zero attached hydrogens (tertiary/aromatic N) is 2. The third kappa shape index (κ3) is 2.31. The Balaban J connectivity index is 1.78. The highest BCUT2D eigenvalue weighted by Gasteiger charge is 2.25. The third-order valence-electron chi connectivity index (χ3n) is 3.63. The molecule has 1 aliphatic rings. The molecule has 0 aliphatic heterocycles. The molecule has 2 N–H and O–H groups in total. The monoisotopic (exact) mass is 241 g/mol. The van der Waals surface area contributed by atoms with Gasteiger partial charge in [0.1, 0.15) is 0 Å². The number of hydrogen-bond donors (Lipinski definition) is 1. The molecule has 0 bridgehead atoms. The minimum atomic E-state index is 0.606. The van der Waals surface area contributed by atoms with Crippen LogP contribution >= 0.6 is 0 Å². The van der Waals surface area contributed by atoms with E-state index >= 15 is 0 Å². The summed E-state index contributed by atoms with van der Waals surface area (Å²) in [6.07, 6.45) is 4.70. The van der Waals surface area contributed by atoms with Crippen LogP contribution in [0.1, 0.15) is 41.1 Å². The smallest absolute Gasteiger partial charge is 0.0662 e. The minimum Gasteiger partial charge on any atom is -0.326 e. The van der Waals surface area contributed by atoms with Crippen molar-refractivity contribution in [1.82, 2.24) is 9.78 Å². The molecule has 1 aromatic heterocycles. The Morgan fingerprint density at radius 2 is 2.17 bits per heavy atom. The van der Waals surface area contributed by atoms with Gasteiger partial charge in [-0.3, -0.25) is 4.68 Å². The van der Waals surface area contributed by atoms with Gasteiger partial charge in [-0.25, -0.2) is 0 Å². The molecule has 18 heavy (non-hydrogen) atoms. The van der Waals surface area contributed by atoms with Crippen LogP contribution in [0.3, 0.4) is 0 Å². The van der Waals surface area contributed by atoms with E-state index in [-0.39, 0.29) is 0 Å². The number of aryl methyl sites for hydroxylation is 1. The lowest BCUT2D eigenvalue weighted by atomic mass is 10.1. The molecule has 1 saturated carbocycles. The van der Waals surface area contributed by atoms with E-state index in [1.165, 1.54) is 35.2 Å². The fraction of sp³-hybridized carbons (Fsp3) is 0.400. The van der Waals surface area contributed by atoms with Gasteiger partial charge in [-0.2, -0.15) is 5.10 Å². The Morgan fingerprint density at radius 1 is 1.33 bits per heavy atom. The number of aromatic nitrogens is 2. The average molecular weight is 241 g/mol. The van der Waals surface area contributed by atoms with Crippen molar-refractivity contribution < 1.29 is 0 Å². The lowest BCUT2D eigenvalue weighted by molar-refractivity contribution is 0.669. The topological polar surface area (TPSA) is 43.8 Å². The van der Waals surface area contributed by atoms with E-state index in [0.29, 0.717) is 6.54 Å². The first-order chi connectivity index (χ1) is 8.76. The predicted octanol–water partition coefficient (Wildman–Crippen LogP) is 2.58. The maximum absolute atomic E-state index is 5.65. The van der Waals surface area contributed by atoms with E-state index < -0.39 is 0 Å². The molecule has 0 radical (unpaired) electrons. The van der Waals surface area contributed by atoms with Gasteiger partial charge in [0.05, 0.1) is 12.2 Å². The van der Waals surface area contributed by atoms with Gasteiger partial charge in [-0.15, -0.1) is 0 Å². The molecule has 3 heteroatoms. The number of hydrogen-bond acceptors (Lipinski definition) is 2. The van der Waals surface area contributed by atoms with Crippen molar-refractivity contribution in [3.63, 3.8) is 0 Å². The van der Waals surface area contributed by atoms with Crippen molar-refractivity contribution in [2.24, 2.45) is 5.73 Å². The molecule has 0 saturated heterocycles. The van der Waals surface area contributed by atoms with Crippen LogP contribution in [0.2, 0.25) is 0 Å². The fourth-order valence-corrected chi connectivity index (χ4v) is 2.30. The summed E-state index contributed by atoms with van der Waals surface area (Å²) >= 11 is 0. The van der Waals surface area contributed by atoms with Gasteiger partial charge in [0.2, 0.25) is 0 Å². The first-order valence-electron chi connectivity index (χ1n) is 6.58. The second kappa shape index (κ2) is 4.58. The van der Waals surface area contributed by atoms with Crippen LogP contribution in [0.25, 0.3) is 0 Å². The third-order valence-corrected chi connectivity index (χ3v) is 3.63. The molecule has 2 aromatic rings. The summed E-state index contributed by atoms with van der Waals surface area (Å²) in [6.45, 7) is 3.60. The van der Waals surface area contributed by atoms with Crippen LogP contribution in [0.15, 0.2) is 30.5 Å². The number of rotatable bonds is 4. The Morgan fingerprint density at radius 3 is 2.83 bits per heavy atom. The molecule has 0 spiro atoms. The molecular formula is C15H19N3. The molecular weight excluding hydrogens is 222 g/mol. The van der Waals surface area contributed by atoms with E-state index in [1.54, 1.807) is 0 Å². The van der Waals surface area contributed by atoms with Crippen molar-refractivity contribution in [2.75, 3.05) is 0 Å². The molecule has 1 aromatic carbocycles. The van der Waals surface area contributed by atoms with Gasteiger partial charge in [0.25, 0.3) is 0 Å². The Labute approximate surface area is 108 Å². The summed E-state index contributed by atoms with van der Waals surface area (Å²) < 4.78 is 2.04. The van der Waals surface area contributed by atoms with Gasteiger partial charge in [-0.1, -0.05) is 18.2 Å². The number of nitrogens with two attached hydrogens (primary N) is 1. The van der Waals surface area contributed by atoms with Crippen molar-refractivity contribution >= 4 is 0 Å². The van der Waals surface area contributed by atoms with E-state index in [9.17, 15) is 0 Å². The number of benzene rings is 1. The summed E-state index contributed by atoms with van der Waals surface area (Å²) in [5, 5.41) is 4.64. The molecule has 1 heterocycles. The summed E-state index contributed by atoms with van der Waals surface area (Å²) in [5.74, 6) is 0.729. The fourth-order valence-electron chi connectivity index (χ4n) is 2.30. The van der Waals surface area contributed by atoms with Crippen LogP contribution < -0.4 is 5.73 Å². The first-order valence-corrected chi connectivity index (χ1v) is 6.58. The second-order valence-electron chi connectivity index (χ2n) is 5.18. The standard InChI is InChI=1S/C15H19N3/c1-11-8-12(9-16)2-3-14(11)10-18-7-6-15(17-18)13-4-5-13/h2-3,6-8,13H,4-5,9-10,16H2,1H3. The zero-order valence-corrected chi connectivity index (χ0v) is 10.8. The molecule has 1 aliphatic carbocycles. The van der Waals surface area contributed by atoms with E-state index in [0.717, 1.165) is 12.5 Å². The molecule has 0 unspecified atom stereocenters. The van der Waals surface area contributed by atoms with Gasteiger partial charge < -0.3 is 5.73 Å². The molecule has 0 atom stereocenters. The SMILES string of the molecule is Cc1cc(CN)ccc1Cn1ccc(C2CC2)n1. The van der Waals surface area contributed by atoms with E-state index in [4.69, 9.17) is 5.73 Å². The molecule has 94 valence electrons. The van der Waals surface area contributed by atoms with Crippen molar-refractivity contribution in [3.05, 3.63) is 52.8 Å². The summed E-state index contributed by atoms with van der Waals surface area (Å²) in [4.78, 5) is 0. The lowest BCUT2D eigenvalue weighted by Crippen LogP contribution is -2.04. The Hall–Kier alpha value is -1.61. The van der Waals surface area contributed by atoms with Crippen LogP contribution in [0.5, 0.6) is 0 Å². The van der Waals surface area contributed by atoms with Crippen LogP contribution in [0, 0.1) is 6.92 Å². The summed E-state index contributed by atoms with van der Waals surface area (Å²) in [6, 6.07) is 8.59. The van der Waals surface area contributed by atoms with Crippen LogP contribution in [-0.2, 0) is 13.1 Å². The Kier molecular flexibility index (Phi) is 2.92. The molecule has 3 rings (SSSR count). The Bertz CT molecular complexity index is 553. The zero-order chi connectivity index (χ0) is 12.5. The second-order valence-corrected chi connectivity index (χ2v) is 5.18. The van der Waals surface area contributed by atoms with E-state index in [2.05, 4.69) is 42.5 Å². The predicted molar refractivity (Wildman–Crippen MR) is 72.4 cm³/mol. The maximum atomic E-state index is 5.65. The van der Waals surface area contributed by atoms with Crippen molar-refractivity contribution in [2.45, 2.75) is 38.8 Å². The highest BCUT2D eigenvalue weighted by atomic mass is 15.3. The molecule has 1 fully saturated rings. The van der Waals surface area contributed by atoms with Gasteiger partial charge >= 0.3 is 0 Å². The largest absolute Gasteiger partial charge is 0.326 e. The highest BCUT2D eigenvalue weighted by Crippen LogP contribution is 2.38. The highest BCUT2D eigenvalue weighted by molar-refractivity contribution is 5.31. The first kappa shape index (κ1) is 11.5. The van der Waals surface area contributed by atoms with Crippen molar-refractivity contribution in [1.29, 1.82) is 0 Å². The van der Waals surface area contributed by atoms with Gasteiger partial charge in [0, 0.05) is 18.7 Å². The summed E-state index contributed by atoms with van der Waals surface area (Å²) in [5.41, 5.74) is 10.7. The maximum Gasteiger partial charge on any atom is 0.0662 e. The zero-order valence-electron chi connectivity index (χ0n) is 10.8. The molecule has 0 amide bonds. The van der Waals surface area contributed by atoms with Crippen LogP contribution in [-0.4, -0.2) is 9.78 Å². The van der Waals surface area contributed by atoms with Crippen molar-refractivity contribution in [3.8, 4) is 0 Å². The quantitative estimate of drug-likeness (QED) is 0.894. The molecule has 3 nitrogen and oxygen atoms in total. The van der Waals surface area contributed by atoms with Gasteiger partial charge in [-0.05, 0) is 42.5 Å². The normalized spacial score (nSPS) is 15.0. The van der Waals surface area contributed by atoms with E-state index in [1.807, 2.05) is 4.68 Å². The summed E-state index contributed by atoms with van der Waals surface area (Å²) in [7, 11) is 0. The average Bonchev–Trinajstić information content (AvgIpc) is 3.13. The van der Waals surface area contributed by atoms with Gasteiger partial charge in [0.15, 0.2) is 0 Å². The lowest BCUT2D eigenvalue weighted by Gasteiger charge is -2.08. The minimum absolute atomic E-state index is 0.606. The van der Waals surface area contributed by atoms with Crippen LogP contribution in [0.4, 0.5) is 0 Å².